The van der Waals surface area contributed by atoms with Crippen molar-refractivity contribution >= 4 is 5.91 Å². The lowest BCUT2D eigenvalue weighted by Crippen LogP contribution is -2.45. The van der Waals surface area contributed by atoms with E-state index in [1.54, 1.807) is 0 Å². The van der Waals surface area contributed by atoms with E-state index in [1.165, 1.54) is 270 Å². The molecule has 4 nitrogen and oxygen atoms in total. The minimum absolute atomic E-state index is 0.0272. The molecule has 0 aliphatic rings. The van der Waals surface area contributed by atoms with E-state index in [4.69, 9.17) is 0 Å². The number of aliphatic hydroxyl groups is 2. The highest BCUT2D eigenvalue weighted by molar-refractivity contribution is 5.76. The van der Waals surface area contributed by atoms with Gasteiger partial charge in [0.15, 0.2) is 0 Å². The van der Waals surface area contributed by atoms with Crippen molar-refractivity contribution in [3.8, 4) is 0 Å². The fourth-order valence-electron chi connectivity index (χ4n) is 9.01. The van der Waals surface area contributed by atoms with E-state index in [0.717, 1.165) is 25.7 Å². The third-order valence-electron chi connectivity index (χ3n) is 13.3. The third kappa shape index (κ3) is 48.2. The Hall–Kier alpha value is -0.870. The Bertz CT molecular complexity index is 829. The third-order valence-corrected chi connectivity index (χ3v) is 13.3. The zero-order chi connectivity index (χ0) is 43.5. The van der Waals surface area contributed by atoms with Crippen LogP contribution in [0, 0.1) is 0 Å². The smallest absolute Gasteiger partial charge is 0.220 e. The summed E-state index contributed by atoms with van der Waals surface area (Å²) in [4.78, 5) is 12.4. The van der Waals surface area contributed by atoms with Crippen LogP contribution in [0.15, 0.2) is 12.2 Å². The molecule has 3 N–H and O–H groups in total. The van der Waals surface area contributed by atoms with E-state index in [0.29, 0.717) is 12.8 Å². The summed E-state index contributed by atoms with van der Waals surface area (Å²) in [5.74, 6) is -0.0272. The average molecular weight is 847 g/mol. The summed E-state index contributed by atoms with van der Waals surface area (Å²) in [5.41, 5.74) is 0. The highest BCUT2D eigenvalue weighted by Gasteiger charge is 2.20. The van der Waals surface area contributed by atoms with Crippen molar-refractivity contribution in [2.45, 2.75) is 334 Å². The van der Waals surface area contributed by atoms with Crippen molar-refractivity contribution < 1.29 is 15.0 Å². The first-order chi connectivity index (χ1) is 29.7. The molecule has 0 radical (unpaired) electrons. The van der Waals surface area contributed by atoms with Crippen LogP contribution in [0.5, 0.6) is 0 Å². The van der Waals surface area contributed by atoms with Gasteiger partial charge < -0.3 is 15.5 Å². The number of hydrogen-bond acceptors (Lipinski definition) is 3. The van der Waals surface area contributed by atoms with Gasteiger partial charge >= 0.3 is 0 Å². The molecule has 1 amide bonds. The molecule has 4 heteroatoms. The Morgan fingerprint density at radius 1 is 0.383 bits per heavy atom. The number of amides is 1. The number of allylic oxidation sites excluding steroid dienone is 2. The first kappa shape index (κ1) is 59.1. The molecule has 0 saturated carbocycles. The predicted octanol–water partition coefficient (Wildman–Crippen LogP) is 18.1. The van der Waals surface area contributed by atoms with E-state index in [2.05, 4.69) is 31.3 Å². The van der Waals surface area contributed by atoms with Crippen LogP contribution in [0.1, 0.15) is 322 Å². The van der Waals surface area contributed by atoms with Gasteiger partial charge in [-0.2, -0.15) is 0 Å². The molecule has 0 aromatic carbocycles. The van der Waals surface area contributed by atoms with Crippen molar-refractivity contribution in [1.29, 1.82) is 0 Å². The van der Waals surface area contributed by atoms with E-state index in [1.807, 2.05) is 0 Å². The molecular weight excluding hydrogens is 735 g/mol. The van der Waals surface area contributed by atoms with Gasteiger partial charge in [0.25, 0.3) is 0 Å². The van der Waals surface area contributed by atoms with E-state index in [-0.39, 0.29) is 12.5 Å². The van der Waals surface area contributed by atoms with Crippen LogP contribution in [0.4, 0.5) is 0 Å². The zero-order valence-electron chi connectivity index (χ0n) is 41.3. The van der Waals surface area contributed by atoms with Gasteiger partial charge in [0.05, 0.1) is 18.8 Å². The van der Waals surface area contributed by atoms with Gasteiger partial charge in [-0.15, -0.1) is 0 Å². The molecule has 2 atom stereocenters. The largest absolute Gasteiger partial charge is 0.394 e. The van der Waals surface area contributed by atoms with Crippen molar-refractivity contribution in [3.63, 3.8) is 0 Å². The van der Waals surface area contributed by atoms with Gasteiger partial charge in [0.2, 0.25) is 5.91 Å². The molecule has 0 rings (SSSR count). The normalized spacial score (nSPS) is 12.8. The first-order valence-electron chi connectivity index (χ1n) is 27.9. The SMILES string of the molecule is CCCCCCCCCC/C=C\CCCCCCCCCCCCCCCCCCCCCCCCCCCCCC(=O)NC(CO)C(O)CCCCCCCCCCC. The van der Waals surface area contributed by atoms with Crippen molar-refractivity contribution in [3.05, 3.63) is 12.2 Å². The molecule has 0 aliphatic heterocycles. The van der Waals surface area contributed by atoms with Gasteiger partial charge in [0.1, 0.15) is 0 Å². The summed E-state index contributed by atoms with van der Waals surface area (Å²) in [6.45, 7) is 4.36. The van der Waals surface area contributed by atoms with Crippen molar-refractivity contribution in [2.24, 2.45) is 0 Å². The number of nitrogens with one attached hydrogen (secondary N) is 1. The molecule has 2 unspecified atom stereocenters. The molecular formula is C56H111NO3. The minimum Gasteiger partial charge on any atom is -0.394 e. The van der Waals surface area contributed by atoms with Gasteiger partial charge in [0, 0.05) is 6.42 Å². The molecule has 0 saturated heterocycles. The van der Waals surface area contributed by atoms with Gasteiger partial charge in [-0.25, -0.2) is 0 Å². The maximum atomic E-state index is 12.4. The summed E-state index contributed by atoms with van der Waals surface area (Å²) in [7, 11) is 0. The van der Waals surface area contributed by atoms with Crippen molar-refractivity contribution in [1.82, 2.24) is 5.32 Å². The number of carbonyl (C=O) groups is 1. The van der Waals surface area contributed by atoms with Crippen molar-refractivity contribution in [2.75, 3.05) is 6.61 Å². The lowest BCUT2D eigenvalue weighted by atomic mass is 10.0. The number of rotatable bonds is 52. The van der Waals surface area contributed by atoms with Crippen LogP contribution >= 0.6 is 0 Å². The summed E-state index contributed by atoms with van der Waals surface area (Å²) < 4.78 is 0. The summed E-state index contributed by atoms with van der Waals surface area (Å²) in [6, 6.07) is -0.529. The molecule has 0 spiro atoms. The number of unbranched alkanes of at least 4 members (excludes halogenated alkanes) is 43. The summed E-state index contributed by atoms with van der Waals surface area (Å²) >= 11 is 0. The standard InChI is InChI=1S/C56H111NO3/c1-3-5-7-9-11-13-14-15-16-17-18-19-20-21-22-23-24-25-26-27-28-29-30-31-32-33-34-35-36-37-38-39-40-41-42-44-46-48-50-52-56(60)57-54(53-58)55(59)51-49-47-45-43-12-10-8-6-4-2/h17-18,54-55,58-59H,3-16,19-53H2,1-2H3,(H,57,60)/b18-17-. The average Bonchev–Trinajstić information content (AvgIpc) is 3.25. The summed E-state index contributed by atoms with van der Waals surface area (Å²) in [5, 5.41) is 23.1. The maximum absolute atomic E-state index is 12.4. The second-order valence-electron chi connectivity index (χ2n) is 19.4. The van der Waals surface area contributed by atoms with Gasteiger partial charge in [-0.3, -0.25) is 4.79 Å². The van der Waals surface area contributed by atoms with Gasteiger partial charge in [-0.05, 0) is 38.5 Å². The van der Waals surface area contributed by atoms with Crippen LogP contribution in [-0.2, 0) is 4.79 Å². The fourth-order valence-corrected chi connectivity index (χ4v) is 9.01. The number of hydrogen-bond donors (Lipinski definition) is 3. The highest BCUT2D eigenvalue weighted by atomic mass is 16.3. The summed E-state index contributed by atoms with van der Waals surface area (Å²) in [6.07, 6.45) is 68.0. The molecule has 60 heavy (non-hydrogen) atoms. The van der Waals surface area contributed by atoms with E-state index >= 15 is 0 Å². The second-order valence-corrected chi connectivity index (χ2v) is 19.4. The van der Waals surface area contributed by atoms with Crippen LogP contribution < -0.4 is 5.32 Å². The fraction of sp³-hybridized carbons (Fsp3) is 0.946. The Kier molecular flexibility index (Phi) is 51.7. The highest BCUT2D eigenvalue weighted by Crippen LogP contribution is 2.18. The van der Waals surface area contributed by atoms with E-state index < -0.39 is 12.1 Å². The molecule has 0 fully saturated rings. The molecule has 0 aliphatic carbocycles. The van der Waals surface area contributed by atoms with Crippen LogP contribution in [0.3, 0.4) is 0 Å². The molecule has 0 heterocycles. The molecule has 0 bridgehead atoms. The van der Waals surface area contributed by atoms with Crippen LogP contribution in [0.2, 0.25) is 0 Å². The van der Waals surface area contributed by atoms with Crippen LogP contribution in [0.25, 0.3) is 0 Å². The molecule has 358 valence electrons. The lowest BCUT2D eigenvalue weighted by molar-refractivity contribution is -0.123. The number of aliphatic hydroxyl groups excluding tert-OH is 2. The van der Waals surface area contributed by atoms with Crippen LogP contribution in [-0.4, -0.2) is 34.9 Å². The van der Waals surface area contributed by atoms with Gasteiger partial charge in [-0.1, -0.05) is 289 Å². The maximum Gasteiger partial charge on any atom is 0.220 e. The Balaban J connectivity index is 3.29. The molecule has 0 aromatic heterocycles. The Morgan fingerprint density at radius 3 is 0.917 bits per heavy atom. The quantitative estimate of drug-likeness (QED) is 0.0422. The predicted molar refractivity (Wildman–Crippen MR) is 267 cm³/mol. The minimum atomic E-state index is -0.653. The topological polar surface area (TPSA) is 69.6 Å². The zero-order valence-corrected chi connectivity index (χ0v) is 41.3. The Labute approximate surface area is 377 Å². The lowest BCUT2D eigenvalue weighted by Gasteiger charge is -2.22. The second kappa shape index (κ2) is 52.5. The Morgan fingerprint density at radius 2 is 0.633 bits per heavy atom. The van der Waals surface area contributed by atoms with E-state index in [9.17, 15) is 15.0 Å². The monoisotopic (exact) mass is 846 g/mol. The first-order valence-corrected chi connectivity index (χ1v) is 27.9. The number of carbonyl (C=O) groups excluding carboxylic acids is 1. The molecule has 0 aromatic rings.